The number of thioether (sulfide) groups is 1. The van der Waals surface area contributed by atoms with Gasteiger partial charge in [-0.3, -0.25) is 4.79 Å². The first-order chi connectivity index (χ1) is 7.54. The number of nitrogens with zero attached hydrogens (tertiary/aromatic N) is 4. The van der Waals surface area contributed by atoms with Crippen LogP contribution in [-0.2, 0) is 0 Å². The Hall–Kier alpha value is -1.43. The lowest BCUT2D eigenvalue weighted by Gasteiger charge is -2.06. The number of hydrogen-bond acceptors (Lipinski definition) is 5. The minimum Gasteiger partial charge on any atom is -0.294 e. The molecule has 0 fully saturated rings. The molecule has 0 saturated heterocycles. The van der Waals surface area contributed by atoms with Gasteiger partial charge < -0.3 is 0 Å². The van der Waals surface area contributed by atoms with Crippen LogP contribution in [0.4, 0.5) is 0 Å². The zero-order valence-electron chi connectivity index (χ0n) is 9.61. The van der Waals surface area contributed by atoms with Gasteiger partial charge in [0.25, 0.3) is 5.78 Å². The van der Waals surface area contributed by atoms with Crippen LogP contribution in [0.1, 0.15) is 28.7 Å². The van der Waals surface area contributed by atoms with Crippen molar-refractivity contribution in [1.82, 2.24) is 19.6 Å². The second-order valence-corrected chi connectivity index (χ2v) is 4.30. The van der Waals surface area contributed by atoms with E-state index < -0.39 is 0 Å². The lowest BCUT2D eigenvalue weighted by Crippen LogP contribution is -2.09. The summed E-state index contributed by atoms with van der Waals surface area (Å²) in [6, 6.07) is 0. The maximum atomic E-state index is 11.5. The summed E-state index contributed by atoms with van der Waals surface area (Å²) < 4.78 is 1.62. The third-order valence-electron chi connectivity index (χ3n) is 2.41. The number of Topliss-reactive ketones (excluding diaryl/α,β-unsaturated/α-hetero) is 1. The van der Waals surface area contributed by atoms with Crippen molar-refractivity contribution >= 4 is 23.3 Å². The zero-order chi connectivity index (χ0) is 11.9. The fourth-order valence-electron chi connectivity index (χ4n) is 1.75. The fourth-order valence-corrected chi connectivity index (χ4v) is 2.09. The van der Waals surface area contributed by atoms with Crippen LogP contribution in [0.3, 0.4) is 0 Å². The molecule has 0 atom stereocenters. The largest absolute Gasteiger partial charge is 0.294 e. The second-order valence-electron chi connectivity index (χ2n) is 3.52. The van der Waals surface area contributed by atoms with E-state index in [4.69, 9.17) is 0 Å². The SMILES string of the molecule is CSc1nc2nc(C)c(C(C)=O)c(C)n2n1. The van der Waals surface area contributed by atoms with E-state index in [1.807, 2.05) is 20.1 Å². The van der Waals surface area contributed by atoms with Gasteiger partial charge in [0.15, 0.2) is 5.78 Å². The van der Waals surface area contributed by atoms with Gasteiger partial charge in [-0.1, -0.05) is 11.8 Å². The van der Waals surface area contributed by atoms with Crippen molar-refractivity contribution in [2.24, 2.45) is 0 Å². The number of fused-ring (bicyclic) bond motifs is 1. The number of hydrogen-bond donors (Lipinski definition) is 0. The summed E-state index contributed by atoms with van der Waals surface area (Å²) in [5.41, 5.74) is 2.13. The summed E-state index contributed by atoms with van der Waals surface area (Å²) in [5.74, 6) is 0.551. The molecule has 5 nitrogen and oxygen atoms in total. The summed E-state index contributed by atoms with van der Waals surface area (Å²) in [6.45, 7) is 5.21. The van der Waals surface area contributed by atoms with E-state index in [0.717, 1.165) is 5.69 Å². The first kappa shape index (κ1) is 11.1. The first-order valence-corrected chi connectivity index (χ1v) is 6.06. The van der Waals surface area contributed by atoms with Crippen molar-refractivity contribution < 1.29 is 4.79 Å². The van der Waals surface area contributed by atoms with Crippen LogP contribution in [0.2, 0.25) is 0 Å². The van der Waals surface area contributed by atoms with Crippen molar-refractivity contribution in [3.63, 3.8) is 0 Å². The highest BCUT2D eigenvalue weighted by Gasteiger charge is 2.15. The number of carbonyl (C=O) groups excluding carboxylic acids is 1. The molecular weight excluding hydrogens is 224 g/mol. The summed E-state index contributed by atoms with van der Waals surface area (Å²) in [5, 5.41) is 4.93. The number of aromatic nitrogens is 4. The minimum absolute atomic E-state index is 0.00519. The summed E-state index contributed by atoms with van der Waals surface area (Å²) >= 11 is 1.46. The van der Waals surface area contributed by atoms with Crippen LogP contribution < -0.4 is 0 Å². The summed E-state index contributed by atoms with van der Waals surface area (Å²) in [7, 11) is 0. The van der Waals surface area contributed by atoms with E-state index in [1.165, 1.54) is 18.7 Å². The normalized spacial score (nSPS) is 11.0. The van der Waals surface area contributed by atoms with Crippen LogP contribution in [0, 0.1) is 13.8 Å². The third kappa shape index (κ3) is 1.59. The lowest BCUT2D eigenvalue weighted by molar-refractivity contribution is 0.101. The molecule has 6 heteroatoms. The molecule has 2 aromatic rings. The van der Waals surface area contributed by atoms with E-state index in [9.17, 15) is 4.79 Å². The van der Waals surface area contributed by atoms with Gasteiger partial charge in [-0.05, 0) is 27.0 Å². The predicted octanol–water partition coefficient (Wildman–Crippen LogP) is 1.67. The standard InChI is InChI=1S/C10H12N4OS/c1-5-8(7(3)15)6(2)14-9(11-5)12-10(13-14)16-4/h1-4H3. The highest BCUT2D eigenvalue weighted by atomic mass is 32.2. The monoisotopic (exact) mass is 236 g/mol. The highest BCUT2D eigenvalue weighted by Crippen LogP contribution is 2.16. The summed E-state index contributed by atoms with van der Waals surface area (Å²) in [6.07, 6.45) is 1.91. The van der Waals surface area contributed by atoms with E-state index in [0.29, 0.717) is 22.2 Å². The molecule has 0 bridgehead atoms. The number of ketones is 1. The molecule has 2 rings (SSSR count). The molecule has 2 aromatic heterocycles. The van der Waals surface area contributed by atoms with E-state index in [2.05, 4.69) is 15.1 Å². The molecule has 0 unspecified atom stereocenters. The fraction of sp³-hybridized carbons (Fsp3) is 0.400. The second kappa shape index (κ2) is 3.86. The first-order valence-electron chi connectivity index (χ1n) is 4.83. The average Bonchev–Trinajstić information content (AvgIpc) is 2.60. The van der Waals surface area contributed by atoms with Gasteiger partial charge in [-0.15, -0.1) is 5.10 Å². The molecule has 0 saturated carbocycles. The van der Waals surface area contributed by atoms with Crippen LogP contribution >= 0.6 is 11.8 Å². The Bertz CT molecular complexity index is 576. The van der Waals surface area contributed by atoms with Gasteiger partial charge in [0.2, 0.25) is 5.16 Å². The number of aryl methyl sites for hydroxylation is 2. The topological polar surface area (TPSA) is 60.2 Å². The smallest absolute Gasteiger partial charge is 0.253 e. The third-order valence-corrected chi connectivity index (χ3v) is 2.95. The van der Waals surface area contributed by atoms with Crippen LogP contribution in [0.5, 0.6) is 0 Å². The van der Waals surface area contributed by atoms with Gasteiger partial charge in [0.05, 0.1) is 17.0 Å². The zero-order valence-corrected chi connectivity index (χ0v) is 10.4. The molecule has 0 N–H and O–H groups in total. The van der Waals surface area contributed by atoms with Gasteiger partial charge in [0, 0.05) is 0 Å². The van der Waals surface area contributed by atoms with Gasteiger partial charge >= 0.3 is 0 Å². The molecule has 16 heavy (non-hydrogen) atoms. The molecule has 0 spiro atoms. The van der Waals surface area contributed by atoms with E-state index in [1.54, 1.807) is 4.52 Å². The Morgan fingerprint density at radius 2 is 2.00 bits per heavy atom. The Morgan fingerprint density at radius 3 is 2.56 bits per heavy atom. The van der Waals surface area contributed by atoms with Gasteiger partial charge in [-0.2, -0.15) is 9.50 Å². The van der Waals surface area contributed by atoms with Crippen LogP contribution in [-0.4, -0.2) is 31.6 Å². The van der Waals surface area contributed by atoms with Crippen molar-refractivity contribution in [3.8, 4) is 0 Å². The summed E-state index contributed by atoms with van der Waals surface area (Å²) in [4.78, 5) is 20.0. The molecule has 2 heterocycles. The maximum absolute atomic E-state index is 11.5. The van der Waals surface area contributed by atoms with E-state index >= 15 is 0 Å². The van der Waals surface area contributed by atoms with Crippen LogP contribution in [0.15, 0.2) is 5.16 Å². The Morgan fingerprint density at radius 1 is 1.31 bits per heavy atom. The Balaban J connectivity index is 2.81. The quantitative estimate of drug-likeness (QED) is 0.586. The predicted molar refractivity (Wildman–Crippen MR) is 62.0 cm³/mol. The molecule has 0 amide bonds. The van der Waals surface area contributed by atoms with Crippen molar-refractivity contribution in [1.29, 1.82) is 0 Å². The van der Waals surface area contributed by atoms with Crippen molar-refractivity contribution in [2.75, 3.05) is 6.26 Å². The van der Waals surface area contributed by atoms with Crippen molar-refractivity contribution in [3.05, 3.63) is 17.0 Å². The maximum Gasteiger partial charge on any atom is 0.253 e. The van der Waals surface area contributed by atoms with E-state index in [-0.39, 0.29) is 5.78 Å². The molecule has 0 aliphatic heterocycles. The Labute approximate surface area is 97.3 Å². The highest BCUT2D eigenvalue weighted by molar-refractivity contribution is 7.98. The van der Waals surface area contributed by atoms with Crippen molar-refractivity contribution in [2.45, 2.75) is 25.9 Å². The Kier molecular flexibility index (Phi) is 2.67. The molecular formula is C10H12N4OS. The minimum atomic E-state index is 0.00519. The molecule has 84 valence electrons. The molecule has 0 aliphatic rings. The molecule has 0 radical (unpaired) electrons. The number of rotatable bonds is 2. The van der Waals surface area contributed by atoms with Gasteiger partial charge in [-0.25, -0.2) is 4.98 Å². The van der Waals surface area contributed by atoms with Crippen LogP contribution in [0.25, 0.3) is 5.78 Å². The number of carbonyl (C=O) groups is 1. The molecule has 0 aromatic carbocycles. The average molecular weight is 236 g/mol. The van der Waals surface area contributed by atoms with Gasteiger partial charge in [0.1, 0.15) is 0 Å². The molecule has 0 aliphatic carbocycles. The lowest BCUT2D eigenvalue weighted by atomic mass is 10.1.